The smallest absolute Gasteiger partial charge is 0.336 e. The Kier molecular flexibility index (Phi) is 4.32. The third-order valence-corrected chi connectivity index (χ3v) is 4.80. The lowest BCUT2D eigenvalue weighted by Crippen LogP contribution is -2.25. The molecule has 1 aliphatic heterocycles. The number of thioether (sulfide) groups is 1. The lowest BCUT2D eigenvalue weighted by atomic mass is 9.84. The normalized spacial score (nSPS) is 26.8. The molecule has 0 radical (unpaired) electrons. The van der Waals surface area contributed by atoms with Crippen LogP contribution in [0.3, 0.4) is 0 Å². The highest BCUT2D eigenvalue weighted by Gasteiger charge is 2.41. The predicted molar refractivity (Wildman–Crippen MR) is 70.8 cm³/mol. The Bertz CT molecular complexity index is 392. The molecule has 0 aromatic carbocycles. The van der Waals surface area contributed by atoms with Crippen LogP contribution >= 0.6 is 11.8 Å². The molecule has 2 rings (SSSR count). The molecule has 0 spiro atoms. The minimum absolute atomic E-state index is 0.127. The van der Waals surface area contributed by atoms with E-state index < -0.39 is 0 Å². The van der Waals surface area contributed by atoms with E-state index in [9.17, 15) is 9.59 Å². The van der Waals surface area contributed by atoms with Gasteiger partial charge in [-0.15, -0.1) is 11.8 Å². The average molecular weight is 269 g/mol. The second-order valence-corrected chi connectivity index (χ2v) is 5.94. The van der Waals surface area contributed by atoms with Gasteiger partial charge in [0.25, 0.3) is 0 Å². The largest absolute Gasteiger partial charge is 0.463 e. The summed E-state index contributed by atoms with van der Waals surface area (Å²) >= 11 is 1.63. The molecule has 100 valence electrons. The fourth-order valence-electron chi connectivity index (χ4n) is 2.66. The number of nitrogens with one attached hydrogen (secondary N) is 1. The summed E-state index contributed by atoms with van der Waals surface area (Å²) < 4.78 is 5.13. The van der Waals surface area contributed by atoms with Crippen LogP contribution in [-0.4, -0.2) is 23.7 Å². The number of hydrogen-bond donors (Lipinski definition) is 1. The third kappa shape index (κ3) is 2.71. The molecule has 18 heavy (non-hydrogen) atoms. The molecule has 5 heteroatoms. The molecule has 0 unspecified atom stereocenters. The van der Waals surface area contributed by atoms with Crippen molar-refractivity contribution in [3.63, 3.8) is 0 Å². The number of fused-ring (bicyclic) bond motifs is 1. The maximum absolute atomic E-state index is 12.0. The van der Waals surface area contributed by atoms with Crippen molar-refractivity contribution < 1.29 is 14.3 Å². The van der Waals surface area contributed by atoms with Crippen LogP contribution in [0, 0.1) is 5.92 Å². The molecule has 0 aromatic heterocycles. The monoisotopic (exact) mass is 269 g/mol. The Balaban J connectivity index is 2.23. The summed E-state index contributed by atoms with van der Waals surface area (Å²) in [6.45, 7) is 3.65. The summed E-state index contributed by atoms with van der Waals surface area (Å²) in [5.41, 5.74) is 0.696. The van der Waals surface area contributed by atoms with Crippen molar-refractivity contribution in [2.45, 2.75) is 44.8 Å². The Morgan fingerprint density at radius 2 is 2.11 bits per heavy atom. The van der Waals surface area contributed by atoms with Crippen molar-refractivity contribution in [1.82, 2.24) is 5.32 Å². The number of amides is 1. The van der Waals surface area contributed by atoms with Gasteiger partial charge in [0.2, 0.25) is 5.91 Å². The molecular formula is C13H19NO3S. The standard InChI is InChI=1S/C13H19NO3S/c1-3-17-13(16)11-9-6-4-5-7-10(9)18-12(11)14-8(2)15/h9-10H,3-7H2,1-2H3,(H,14,15)/t9-,10-/m0/s1. The molecule has 2 aliphatic rings. The van der Waals surface area contributed by atoms with Crippen LogP contribution in [0.2, 0.25) is 0 Å². The SMILES string of the molecule is CCOC(=O)C1=C(NC(C)=O)S[C@H]2CCCC[C@H]12. The van der Waals surface area contributed by atoms with Crippen molar-refractivity contribution >= 4 is 23.6 Å². The molecule has 1 amide bonds. The molecule has 0 bridgehead atoms. The number of rotatable bonds is 3. The first-order valence-electron chi connectivity index (χ1n) is 6.49. The predicted octanol–water partition coefficient (Wildman–Crippen LogP) is 2.20. The van der Waals surface area contributed by atoms with Gasteiger partial charge in [0.05, 0.1) is 17.2 Å². The van der Waals surface area contributed by atoms with Crippen LogP contribution in [0.5, 0.6) is 0 Å². The van der Waals surface area contributed by atoms with E-state index in [4.69, 9.17) is 4.74 Å². The van der Waals surface area contributed by atoms with E-state index in [-0.39, 0.29) is 17.8 Å². The Morgan fingerprint density at radius 3 is 2.78 bits per heavy atom. The average Bonchev–Trinajstić information content (AvgIpc) is 2.66. The molecule has 1 N–H and O–H groups in total. The second-order valence-electron chi connectivity index (χ2n) is 4.69. The molecule has 2 atom stereocenters. The van der Waals surface area contributed by atoms with Crippen LogP contribution in [-0.2, 0) is 14.3 Å². The minimum atomic E-state index is -0.261. The third-order valence-electron chi connectivity index (χ3n) is 3.37. The van der Waals surface area contributed by atoms with Gasteiger partial charge in [-0.3, -0.25) is 4.79 Å². The highest BCUT2D eigenvalue weighted by Crippen LogP contribution is 2.48. The van der Waals surface area contributed by atoms with E-state index >= 15 is 0 Å². The van der Waals surface area contributed by atoms with E-state index in [1.807, 2.05) is 0 Å². The van der Waals surface area contributed by atoms with Crippen LogP contribution in [0.4, 0.5) is 0 Å². The van der Waals surface area contributed by atoms with Crippen LogP contribution < -0.4 is 5.32 Å². The fraction of sp³-hybridized carbons (Fsp3) is 0.692. The van der Waals surface area contributed by atoms with E-state index in [0.29, 0.717) is 17.4 Å². The number of ether oxygens (including phenoxy) is 1. The van der Waals surface area contributed by atoms with Crippen LogP contribution in [0.15, 0.2) is 10.6 Å². The first kappa shape index (κ1) is 13.5. The van der Waals surface area contributed by atoms with E-state index in [0.717, 1.165) is 24.3 Å². The number of esters is 1. The summed E-state index contributed by atoms with van der Waals surface area (Å²) in [4.78, 5) is 23.3. The molecule has 1 aliphatic carbocycles. The molecule has 0 aromatic rings. The summed E-state index contributed by atoms with van der Waals surface area (Å²) in [7, 11) is 0. The minimum Gasteiger partial charge on any atom is -0.463 e. The maximum atomic E-state index is 12.0. The molecule has 0 saturated heterocycles. The Labute approximate surface area is 112 Å². The van der Waals surface area contributed by atoms with E-state index in [2.05, 4.69) is 5.32 Å². The summed E-state index contributed by atoms with van der Waals surface area (Å²) in [5, 5.41) is 3.94. The van der Waals surface area contributed by atoms with Gasteiger partial charge in [0.15, 0.2) is 0 Å². The number of carbonyl (C=O) groups is 2. The zero-order valence-corrected chi connectivity index (χ0v) is 11.6. The first-order valence-corrected chi connectivity index (χ1v) is 7.37. The second kappa shape index (κ2) is 5.78. The van der Waals surface area contributed by atoms with Crippen molar-refractivity contribution in [1.29, 1.82) is 0 Å². The molecule has 1 saturated carbocycles. The summed E-state index contributed by atoms with van der Waals surface area (Å²) in [6, 6.07) is 0. The number of carbonyl (C=O) groups excluding carboxylic acids is 2. The zero-order chi connectivity index (χ0) is 13.1. The quantitative estimate of drug-likeness (QED) is 0.798. The summed E-state index contributed by atoms with van der Waals surface area (Å²) in [5.74, 6) is -0.134. The van der Waals surface area contributed by atoms with Gasteiger partial charge >= 0.3 is 5.97 Å². The zero-order valence-electron chi connectivity index (χ0n) is 10.8. The van der Waals surface area contributed by atoms with Gasteiger partial charge in [0.1, 0.15) is 0 Å². The van der Waals surface area contributed by atoms with Crippen molar-refractivity contribution in [3.05, 3.63) is 10.6 Å². The van der Waals surface area contributed by atoms with Crippen molar-refractivity contribution in [3.8, 4) is 0 Å². The number of hydrogen-bond acceptors (Lipinski definition) is 4. The highest BCUT2D eigenvalue weighted by molar-refractivity contribution is 8.04. The van der Waals surface area contributed by atoms with Crippen molar-refractivity contribution in [2.24, 2.45) is 5.92 Å². The van der Waals surface area contributed by atoms with Crippen LogP contribution in [0.25, 0.3) is 0 Å². The molecular weight excluding hydrogens is 250 g/mol. The molecule has 1 fully saturated rings. The maximum Gasteiger partial charge on any atom is 0.336 e. The van der Waals surface area contributed by atoms with Gasteiger partial charge in [-0.2, -0.15) is 0 Å². The topological polar surface area (TPSA) is 55.4 Å². The van der Waals surface area contributed by atoms with Crippen molar-refractivity contribution in [2.75, 3.05) is 6.61 Å². The highest BCUT2D eigenvalue weighted by atomic mass is 32.2. The van der Waals surface area contributed by atoms with Gasteiger partial charge in [0, 0.05) is 18.1 Å². The first-order chi connectivity index (χ1) is 8.63. The van der Waals surface area contributed by atoms with Gasteiger partial charge in [-0.05, 0) is 19.8 Å². The van der Waals surface area contributed by atoms with Crippen LogP contribution in [0.1, 0.15) is 39.5 Å². The molecule has 1 heterocycles. The Hall–Kier alpha value is -0.970. The lowest BCUT2D eigenvalue weighted by molar-refractivity contribution is -0.139. The van der Waals surface area contributed by atoms with Gasteiger partial charge < -0.3 is 10.1 Å². The van der Waals surface area contributed by atoms with Gasteiger partial charge in [-0.25, -0.2) is 4.79 Å². The Morgan fingerprint density at radius 1 is 1.39 bits per heavy atom. The summed E-state index contributed by atoms with van der Waals surface area (Å²) in [6.07, 6.45) is 4.49. The van der Waals surface area contributed by atoms with Gasteiger partial charge in [-0.1, -0.05) is 12.8 Å². The van der Waals surface area contributed by atoms with E-state index in [1.54, 1.807) is 18.7 Å². The molecule has 4 nitrogen and oxygen atoms in total. The van der Waals surface area contributed by atoms with E-state index in [1.165, 1.54) is 13.3 Å². The fourth-order valence-corrected chi connectivity index (χ4v) is 4.25. The lowest BCUT2D eigenvalue weighted by Gasteiger charge is -2.25.